The highest BCUT2D eigenvalue weighted by molar-refractivity contribution is 7.22. The van der Waals surface area contributed by atoms with Gasteiger partial charge < -0.3 is 24.8 Å². The average molecular weight is 401 g/mol. The first-order valence-electron chi connectivity index (χ1n) is 8.24. The van der Waals surface area contributed by atoms with Crippen LogP contribution in [0.25, 0.3) is 10.2 Å². The first-order chi connectivity index (χ1) is 13.4. The number of amides is 2. The molecule has 0 aliphatic carbocycles. The van der Waals surface area contributed by atoms with E-state index < -0.39 is 0 Å². The van der Waals surface area contributed by atoms with Crippen molar-refractivity contribution in [2.75, 3.05) is 32.0 Å². The number of thiazole rings is 1. The van der Waals surface area contributed by atoms with Crippen molar-refractivity contribution in [3.8, 4) is 17.2 Å². The third-order valence-corrected chi connectivity index (χ3v) is 4.81. The van der Waals surface area contributed by atoms with E-state index in [-0.39, 0.29) is 11.8 Å². The minimum absolute atomic E-state index is 0.185. The molecule has 0 unspecified atom stereocenters. The Morgan fingerprint density at radius 2 is 1.64 bits per heavy atom. The molecular formula is C19H19N3O5S. The van der Waals surface area contributed by atoms with Crippen LogP contribution in [-0.2, 0) is 4.79 Å². The van der Waals surface area contributed by atoms with Gasteiger partial charge in [0.05, 0.1) is 31.5 Å². The van der Waals surface area contributed by atoms with Crippen LogP contribution in [0.15, 0.2) is 30.3 Å². The van der Waals surface area contributed by atoms with Gasteiger partial charge in [0.15, 0.2) is 16.6 Å². The van der Waals surface area contributed by atoms with Crippen molar-refractivity contribution >= 4 is 44.2 Å². The molecule has 1 aromatic heterocycles. The molecule has 0 saturated heterocycles. The summed E-state index contributed by atoms with van der Waals surface area (Å²) in [5, 5.41) is 5.99. The van der Waals surface area contributed by atoms with Crippen molar-refractivity contribution in [2.45, 2.75) is 6.92 Å². The molecule has 0 radical (unpaired) electrons. The molecule has 9 heteroatoms. The number of rotatable bonds is 6. The van der Waals surface area contributed by atoms with E-state index in [9.17, 15) is 9.59 Å². The first-order valence-corrected chi connectivity index (χ1v) is 9.06. The number of nitrogens with zero attached hydrogens (tertiary/aromatic N) is 1. The zero-order chi connectivity index (χ0) is 20.3. The summed E-state index contributed by atoms with van der Waals surface area (Å²) in [5.74, 6) is 0.672. The van der Waals surface area contributed by atoms with Gasteiger partial charge in [0.1, 0.15) is 0 Å². The molecule has 8 nitrogen and oxygen atoms in total. The molecule has 0 aliphatic rings. The SMILES string of the molecule is COc1cc(C(=O)Nc2ccc3sc(NC(C)=O)nc3c2)cc(OC)c1OC. The minimum Gasteiger partial charge on any atom is -0.493 e. The van der Waals surface area contributed by atoms with Crippen molar-refractivity contribution in [2.24, 2.45) is 0 Å². The molecule has 3 aromatic rings. The van der Waals surface area contributed by atoms with Crippen LogP contribution in [-0.4, -0.2) is 38.1 Å². The number of anilines is 2. The van der Waals surface area contributed by atoms with Crippen molar-refractivity contribution in [3.63, 3.8) is 0 Å². The molecule has 2 amide bonds. The van der Waals surface area contributed by atoms with E-state index in [1.807, 2.05) is 6.07 Å². The summed E-state index contributed by atoms with van der Waals surface area (Å²) in [6, 6.07) is 8.50. The summed E-state index contributed by atoms with van der Waals surface area (Å²) in [6.45, 7) is 1.43. The van der Waals surface area contributed by atoms with E-state index in [2.05, 4.69) is 15.6 Å². The summed E-state index contributed by atoms with van der Waals surface area (Å²) in [4.78, 5) is 28.2. The second kappa shape index (κ2) is 8.13. The molecule has 0 aliphatic heterocycles. The maximum atomic E-state index is 12.7. The van der Waals surface area contributed by atoms with Gasteiger partial charge in [0.25, 0.3) is 5.91 Å². The van der Waals surface area contributed by atoms with Crippen molar-refractivity contribution in [1.29, 1.82) is 0 Å². The van der Waals surface area contributed by atoms with Gasteiger partial charge in [-0.1, -0.05) is 11.3 Å². The number of fused-ring (bicyclic) bond motifs is 1. The number of benzene rings is 2. The Kier molecular flexibility index (Phi) is 5.65. The quantitative estimate of drug-likeness (QED) is 0.656. The topological polar surface area (TPSA) is 98.8 Å². The van der Waals surface area contributed by atoms with Crippen molar-refractivity contribution < 1.29 is 23.8 Å². The largest absolute Gasteiger partial charge is 0.493 e. The second-order valence-electron chi connectivity index (χ2n) is 5.75. The minimum atomic E-state index is -0.337. The summed E-state index contributed by atoms with van der Waals surface area (Å²) >= 11 is 1.36. The van der Waals surface area contributed by atoms with Gasteiger partial charge in [-0.2, -0.15) is 0 Å². The Balaban J connectivity index is 1.87. The maximum absolute atomic E-state index is 12.7. The molecule has 0 bridgehead atoms. The number of carbonyl (C=O) groups is 2. The fourth-order valence-corrected chi connectivity index (χ4v) is 3.52. The number of aromatic nitrogens is 1. The predicted octanol–water partition coefficient (Wildman–Crippen LogP) is 3.53. The average Bonchev–Trinajstić information content (AvgIpc) is 3.07. The van der Waals surface area contributed by atoms with Crippen LogP contribution in [0.4, 0.5) is 10.8 Å². The van der Waals surface area contributed by atoms with Gasteiger partial charge in [0.2, 0.25) is 11.7 Å². The van der Waals surface area contributed by atoms with Gasteiger partial charge in [-0.3, -0.25) is 9.59 Å². The summed E-state index contributed by atoms with van der Waals surface area (Å²) in [5.41, 5.74) is 1.61. The van der Waals surface area contributed by atoms with Crippen LogP contribution < -0.4 is 24.8 Å². The van der Waals surface area contributed by atoms with Crippen LogP contribution in [0.2, 0.25) is 0 Å². The highest BCUT2D eigenvalue weighted by Gasteiger charge is 2.17. The fourth-order valence-electron chi connectivity index (χ4n) is 2.62. The number of hydrogen-bond donors (Lipinski definition) is 2. The molecule has 2 aromatic carbocycles. The summed E-state index contributed by atoms with van der Waals surface area (Å²) in [7, 11) is 4.47. The van der Waals surface area contributed by atoms with Gasteiger partial charge in [-0.15, -0.1) is 0 Å². The maximum Gasteiger partial charge on any atom is 0.255 e. The molecule has 0 atom stereocenters. The smallest absolute Gasteiger partial charge is 0.255 e. The molecule has 0 saturated carbocycles. The lowest BCUT2D eigenvalue weighted by atomic mass is 10.1. The summed E-state index contributed by atoms with van der Waals surface area (Å²) in [6.07, 6.45) is 0. The van der Waals surface area contributed by atoms with Crippen LogP contribution in [0.3, 0.4) is 0 Å². The number of methoxy groups -OCH3 is 3. The number of carbonyl (C=O) groups excluding carboxylic acids is 2. The van der Waals surface area contributed by atoms with Crippen LogP contribution in [0.1, 0.15) is 17.3 Å². The Morgan fingerprint density at radius 3 is 2.21 bits per heavy atom. The Hall–Kier alpha value is -3.33. The van der Waals surface area contributed by atoms with E-state index in [0.29, 0.717) is 39.1 Å². The van der Waals surface area contributed by atoms with Crippen molar-refractivity contribution in [3.05, 3.63) is 35.9 Å². The molecule has 0 spiro atoms. The zero-order valence-corrected chi connectivity index (χ0v) is 16.6. The van der Waals surface area contributed by atoms with E-state index in [0.717, 1.165) is 4.70 Å². The predicted molar refractivity (Wildman–Crippen MR) is 108 cm³/mol. The molecule has 146 valence electrons. The summed E-state index contributed by atoms with van der Waals surface area (Å²) < 4.78 is 16.7. The molecule has 3 rings (SSSR count). The zero-order valence-electron chi connectivity index (χ0n) is 15.8. The van der Waals surface area contributed by atoms with Gasteiger partial charge in [-0.25, -0.2) is 4.98 Å². The molecule has 0 fully saturated rings. The lowest BCUT2D eigenvalue weighted by Crippen LogP contribution is -2.12. The molecule has 2 N–H and O–H groups in total. The van der Waals surface area contributed by atoms with Gasteiger partial charge in [-0.05, 0) is 30.3 Å². The lowest BCUT2D eigenvalue weighted by Gasteiger charge is -2.14. The normalized spacial score (nSPS) is 10.4. The Bertz CT molecular complexity index is 1020. The van der Waals surface area contributed by atoms with Crippen LogP contribution in [0, 0.1) is 0 Å². The first kappa shape index (κ1) is 19.4. The molecule has 1 heterocycles. The standard InChI is InChI=1S/C19H19N3O5S/c1-10(23)20-19-22-13-9-12(5-6-16(13)28-19)21-18(24)11-7-14(25-2)17(27-4)15(8-11)26-3/h5-9H,1-4H3,(H,21,24)(H,20,22,23). The van der Waals surface area contributed by atoms with Gasteiger partial charge in [0, 0.05) is 18.2 Å². The van der Waals surface area contributed by atoms with Gasteiger partial charge >= 0.3 is 0 Å². The monoisotopic (exact) mass is 401 g/mol. The highest BCUT2D eigenvalue weighted by atomic mass is 32.1. The number of hydrogen-bond acceptors (Lipinski definition) is 7. The third kappa shape index (κ3) is 3.99. The van der Waals surface area contributed by atoms with E-state index >= 15 is 0 Å². The third-order valence-electron chi connectivity index (χ3n) is 3.86. The highest BCUT2D eigenvalue weighted by Crippen LogP contribution is 2.38. The Morgan fingerprint density at radius 1 is 0.964 bits per heavy atom. The lowest BCUT2D eigenvalue weighted by molar-refractivity contribution is -0.114. The molecular weight excluding hydrogens is 382 g/mol. The molecule has 28 heavy (non-hydrogen) atoms. The van der Waals surface area contributed by atoms with E-state index in [4.69, 9.17) is 14.2 Å². The van der Waals surface area contributed by atoms with E-state index in [1.54, 1.807) is 24.3 Å². The number of ether oxygens (including phenoxy) is 3. The second-order valence-corrected chi connectivity index (χ2v) is 6.78. The van der Waals surface area contributed by atoms with Crippen LogP contribution in [0.5, 0.6) is 17.2 Å². The van der Waals surface area contributed by atoms with E-state index in [1.165, 1.54) is 39.6 Å². The van der Waals surface area contributed by atoms with Crippen molar-refractivity contribution in [1.82, 2.24) is 4.98 Å². The van der Waals surface area contributed by atoms with Crippen LogP contribution >= 0.6 is 11.3 Å². The fraction of sp³-hybridized carbons (Fsp3) is 0.211. The number of nitrogens with one attached hydrogen (secondary N) is 2. The Labute approximate surface area is 165 Å².